The van der Waals surface area contributed by atoms with Gasteiger partial charge in [0.2, 0.25) is 15.9 Å². The molecule has 1 atom stereocenters. The molecule has 29 heavy (non-hydrogen) atoms. The highest BCUT2D eigenvalue weighted by Crippen LogP contribution is 2.14. The van der Waals surface area contributed by atoms with Crippen molar-refractivity contribution >= 4 is 33.5 Å². The number of hydrogen-bond acceptors (Lipinski definition) is 6. The number of anilines is 1. The number of amides is 2. The van der Waals surface area contributed by atoms with Crippen molar-refractivity contribution in [3.63, 3.8) is 0 Å². The summed E-state index contributed by atoms with van der Waals surface area (Å²) in [5, 5.41) is 2.52. The van der Waals surface area contributed by atoms with E-state index >= 15 is 0 Å². The van der Waals surface area contributed by atoms with E-state index in [-0.39, 0.29) is 23.9 Å². The number of carbonyl (C=O) groups is 3. The summed E-state index contributed by atoms with van der Waals surface area (Å²) < 4.78 is 31.9. The van der Waals surface area contributed by atoms with Gasteiger partial charge in [-0.25, -0.2) is 8.42 Å². The molecule has 0 saturated carbocycles. The van der Waals surface area contributed by atoms with Crippen LogP contribution in [0.2, 0.25) is 0 Å². The molecule has 0 bridgehead atoms. The number of nitrogens with one attached hydrogen (secondary N) is 2. The van der Waals surface area contributed by atoms with Gasteiger partial charge in [0, 0.05) is 25.7 Å². The van der Waals surface area contributed by atoms with Crippen molar-refractivity contribution < 1.29 is 27.5 Å². The number of nitrogens with zero attached hydrogens (tertiary/aromatic N) is 1. The van der Waals surface area contributed by atoms with Crippen molar-refractivity contribution in [1.82, 2.24) is 9.62 Å². The number of carbonyl (C=O) groups excluding carboxylic acids is 3. The average molecular weight is 423 g/mol. The molecule has 0 radical (unpaired) electrons. The lowest BCUT2D eigenvalue weighted by molar-refractivity contribution is -0.152. The molecule has 1 aromatic carbocycles. The third kappa shape index (κ3) is 7.88. The van der Waals surface area contributed by atoms with Gasteiger partial charge < -0.3 is 15.0 Å². The molecule has 0 spiro atoms. The summed E-state index contributed by atoms with van der Waals surface area (Å²) in [6.45, 7) is 9.72. The lowest BCUT2D eigenvalue weighted by atomic mass is 10.3. The smallest absolute Gasteiger partial charge is 0.324 e. The van der Waals surface area contributed by atoms with E-state index in [2.05, 4.69) is 23.2 Å². The monoisotopic (exact) mass is 423 g/mol. The van der Waals surface area contributed by atoms with Crippen LogP contribution in [-0.2, 0) is 29.1 Å². The van der Waals surface area contributed by atoms with Crippen molar-refractivity contribution in [2.45, 2.75) is 24.8 Å². The van der Waals surface area contributed by atoms with Crippen LogP contribution in [0.5, 0.6) is 0 Å². The van der Waals surface area contributed by atoms with E-state index in [1.807, 2.05) is 0 Å². The minimum Gasteiger partial charge on any atom is -0.454 e. The first kappa shape index (κ1) is 24.1. The second-order valence-corrected chi connectivity index (χ2v) is 7.75. The quantitative estimate of drug-likeness (QED) is 0.405. The Labute approximate surface area is 170 Å². The molecular weight excluding hydrogens is 398 g/mol. The van der Waals surface area contributed by atoms with Gasteiger partial charge in [0.15, 0.2) is 6.61 Å². The van der Waals surface area contributed by atoms with Gasteiger partial charge in [-0.05, 0) is 31.2 Å². The average Bonchev–Trinajstić information content (AvgIpc) is 2.65. The highest BCUT2D eigenvalue weighted by atomic mass is 32.2. The Balaban J connectivity index is 2.68. The molecule has 0 heterocycles. The van der Waals surface area contributed by atoms with Crippen molar-refractivity contribution in [2.24, 2.45) is 0 Å². The predicted molar refractivity (Wildman–Crippen MR) is 108 cm³/mol. The van der Waals surface area contributed by atoms with Crippen molar-refractivity contribution in [3.05, 3.63) is 49.6 Å². The SMILES string of the molecule is C=CCN(CC=C)C(=O)COC(=O)[C@H](C)NS(=O)(=O)c1ccc(NC(C)=O)cc1. The summed E-state index contributed by atoms with van der Waals surface area (Å²) in [6.07, 6.45) is 3.05. The van der Waals surface area contributed by atoms with E-state index < -0.39 is 34.5 Å². The standard InChI is InChI=1S/C19H25N3O6S/c1-5-11-22(12-6-2)18(24)13-28-19(25)14(3)21-29(26,27)17-9-7-16(8-10-17)20-15(4)23/h5-10,14,21H,1-2,11-13H2,3-4H3,(H,20,23)/t14-/m0/s1. The Morgan fingerprint density at radius 2 is 1.69 bits per heavy atom. The van der Waals surface area contributed by atoms with Crippen LogP contribution in [0.1, 0.15) is 13.8 Å². The molecule has 0 aliphatic rings. The minimum absolute atomic E-state index is 0.0922. The van der Waals surface area contributed by atoms with Crippen LogP contribution in [0.4, 0.5) is 5.69 Å². The second kappa shape index (κ2) is 11.1. The fourth-order valence-electron chi connectivity index (χ4n) is 2.21. The maximum absolute atomic E-state index is 12.4. The Kier molecular flexibility index (Phi) is 9.23. The summed E-state index contributed by atoms with van der Waals surface area (Å²) in [5.74, 6) is -1.64. The Bertz CT molecular complexity index is 854. The Morgan fingerprint density at radius 3 is 2.17 bits per heavy atom. The van der Waals surface area contributed by atoms with Gasteiger partial charge >= 0.3 is 5.97 Å². The number of sulfonamides is 1. The topological polar surface area (TPSA) is 122 Å². The molecule has 0 aliphatic heterocycles. The van der Waals surface area contributed by atoms with E-state index in [0.717, 1.165) is 0 Å². The van der Waals surface area contributed by atoms with Crippen LogP contribution in [0.3, 0.4) is 0 Å². The largest absolute Gasteiger partial charge is 0.454 e. The fraction of sp³-hybridized carbons (Fsp3) is 0.316. The second-order valence-electron chi connectivity index (χ2n) is 6.03. The zero-order valence-electron chi connectivity index (χ0n) is 16.4. The van der Waals surface area contributed by atoms with E-state index in [4.69, 9.17) is 4.74 Å². The van der Waals surface area contributed by atoms with Crippen LogP contribution < -0.4 is 10.0 Å². The summed E-state index contributed by atoms with van der Waals surface area (Å²) in [6, 6.07) is 4.21. The zero-order chi connectivity index (χ0) is 22.0. The first-order chi connectivity index (χ1) is 13.6. The normalized spacial score (nSPS) is 11.8. The number of esters is 1. The molecule has 0 unspecified atom stereocenters. The molecule has 1 rings (SSSR count). The lowest BCUT2D eigenvalue weighted by Gasteiger charge is -2.20. The van der Waals surface area contributed by atoms with Crippen molar-refractivity contribution in [2.75, 3.05) is 25.0 Å². The van der Waals surface area contributed by atoms with Gasteiger partial charge in [0.1, 0.15) is 6.04 Å². The first-order valence-electron chi connectivity index (χ1n) is 8.67. The van der Waals surface area contributed by atoms with E-state index in [9.17, 15) is 22.8 Å². The highest BCUT2D eigenvalue weighted by molar-refractivity contribution is 7.89. The van der Waals surface area contributed by atoms with E-state index in [1.165, 1.54) is 55.2 Å². The molecule has 1 aromatic rings. The van der Waals surface area contributed by atoms with Crippen LogP contribution in [0, 0.1) is 0 Å². The van der Waals surface area contributed by atoms with Crippen LogP contribution in [0.25, 0.3) is 0 Å². The maximum Gasteiger partial charge on any atom is 0.324 e. The van der Waals surface area contributed by atoms with Gasteiger partial charge in [0.25, 0.3) is 5.91 Å². The predicted octanol–water partition coefficient (Wildman–Crippen LogP) is 1.06. The summed E-state index contributed by atoms with van der Waals surface area (Å²) in [7, 11) is -4.01. The molecule has 0 saturated heterocycles. The molecule has 0 aliphatic carbocycles. The molecule has 158 valence electrons. The third-order valence-corrected chi connectivity index (χ3v) is 5.12. The highest BCUT2D eigenvalue weighted by Gasteiger charge is 2.24. The van der Waals surface area contributed by atoms with Crippen LogP contribution in [-0.4, -0.2) is 56.8 Å². The Hall–Kier alpha value is -2.98. The third-order valence-electron chi connectivity index (χ3n) is 3.56. The first-order valence-corrected chi connectivity index (χ1v) is 10.1. The zero-order valence-corrected chi connectivity index (χ0v) is 17.2. The number of ether oxygens (including phenoxy) is 1. The lowest BCUT2D eigenvalue weighted by Crippen LogP contribution is -2.41. The van der Waals surface area contributed by atoms with Gasteiger partial charge in [-0.15, -0.1) is 13.2 Å². The van der Waals surface area contributed by atoms with E-state index in [1.54, 1.807) is 0 Å². The molecule has 2 amide bonds. The fourth-order valence-corrected chi connectivity index (χ4v) is 3.40. The minimum atomic E-state index is -4.01. The maximum atomic E-state index is 12.4. The summed E-state index contributed by atoms with van der Waals surface area (Å²) >= 11 is 0. The van der Waals surface area contributed by atoms with E-state index in [0.29, 0.717) is 5.69 Å². The van der Waals surface area contributed by atoms with Gasteiger partial charge in [-0.2, -0.15) is 4.72 Å². The van der Waals surface area contributed by atoms with Gasteiger partial charge in [-0.1, -0.05) is 12.2 Å². The molecular formula is C19H25N3O6S. The van der Waals surface area contributed by atoms with Crippen molar-refractivity contribution in [3.8, 4) is 0 Å². The Morgan fingerprint density at radius 1 is 1.14 bits per heavy atom. The van der Waals surface area contributed by atoms with Gasteiger partial charge in [-0.3, -0.25) is 14.4 Å². The van der Waals surface area contributed by atoms with Crippen LogP contribution >= 0.6 is 0 Å². The van der Waals surface area contributed by atoms with Crippen molar-refractivity contribution in [1.29, 1.82) is 0 Å². The molecule has 0 fully saturated rings. The van der Waals surface area contributed by atoms with Crippen LogP contribution in [0.15, 0.2) is 54.5 Å². The number of hydrogen-bond donors (Lipinski definition) is 2. The summed E-state index contributed by atoms with van der Waals surface area (Å²) in [5.41, 5.74) is 0.436. The van der Waals surface area contributed by atoms with Gasteiger partial charge in [0.05, 0.1) is 4.90 Å². The number of benzene rings is 1. The number of rotatable bonds is 11. The molecule has 0 aromatic heterocycles. The molecule has 2 N–H and O–H groups in total. The molecule has 9 nitrogen and oxygen atoms in total. The summed E-state index contributed by atoms with van der Waals surface area (Å²) in [4.78, 5) is 36.4. The molecule has 10 heteroatoms.